The summed E-state index contributed by atoms with van der Waals surface area (Å²) in [6, 6.07) is 17.1. The fraction of sp³-hybridized carbons (Fsp3) is 0.355. The molecular formula is C31H29F4N3O7S. The third kappa shape index (κ3) is 7.63. The zero-order valence-electron chi connectivity index (χ0n) is 24.4. The van der Waals surface area contributed by atoms with Gasteiger partial charge in [-0.2, -0.15) is 14.0 Å². The molecule has 1 saturated heterocycles. The fourth-order valence-corrected chi connectivity index (χ4v) is 6.16. The Hall–Kier alpha value is -4.55. The average Bonchev–Trinajstić information content (AvgIpc) is 3.58. The minimum Gasteiger partial charge on any atom is -0.488 e. The number of hydrogen-bond donors (Lipinski definition) is 1. The van der Waals surface area contributed by atoms with E-state index in [1.165, 1.54) is 37.3 Å². The molecule has 15 heteroatoms. The first-order valence-electron chi connectivity index (χ1n) is 14.2. The first-order chi connectivity index (χ1) is 21.9. The molecule has 46 heavy (non-hydrogen) atoms. The van der Waals surface area contributed by atoms with E-state index in [4.69, 9.17) is 4.74 Å². The van der Waals surface area contributed by atoms with Gasteiger partial charge in [0.05, 0.1) is 48.4 Å². The maximum Gasteiger partial charge on any atom is 0.586 e. The molecule has 2 heterocycles. The molecule has 2 aliphatic rings. The lowest BCUT2D eigenvalue weighted by atomic mass is 10.0. The van der Waals surface area contributed by atoms with Gasteiger partial charge in [0.25, 0.3) is 5.91 Å². The molecule has 5 rings (SSSR count). The van der Waals surface area contributed by atoms with Crippen molar-refractivity contribution in [1.82, 2.24) is 5.32 Å². The van der Waals surface area contributed by atoms with Crippen LogP contribution in [0.25, 0.3) is 0 Å². The van der Waals surface area contributed by atoms with Gasteiger partial charge in [0, 0.05) is 23.7 Å². The predicted molar refractivity (Wildman–Crippen MR) is 156 cm³/mol. The molecular weight excluding hydrogens is 634 g/mol. The van der Waals surface area contributed by atoms with Crippen LogP contribution in [-0.4, -0.2) is 58.3 Å². The molecule has 1 unspecified atom stereocenters. The number of ether oxygens (including phenoxy) is 4. The summed E-state index contributed by atoms with van der Waals surface area (Å²) in [7, 11) is -3.41. The van der Waals surface area contributed by atoms with Crippen LogP contribution in [0.4, 0.5) is 23.2 Å². The van der Waals surface area contributed by atoms with Gasteiger partial charge in [-0.1, -0.05) is 19.1 Å². The lowest BCUT2D eigenvalue weighted by Gasteiger charge is -2.26. The Morgan fingerprint density at radius 1 is 1.09 bits per heavy atom. The van der Waals surface area contributed by atoms with Gasteiger partial charge >= 0.3 is 12.9 Å². The number of nitrogens with zero attached hydrogens (tertiary/aromatic N) is 2. The van der Waals surface area contributed by atoms with Crippen LogP contribution in [0.3, 0.4) is 0 Å². The van der Waals surface area contributed by atoms with E-state index in [0.717, 1.165) is 0 Å². The van der Waals surface area contributed by atoms with Crippen LogP contribution < -0.4 is 24.4 Å². The van der Waals surface area contributed by atoms with Crippen molar-refractivity contribution in [2.75, 3.05) is 23.8 Å². The molecule has 0 radical (unpaired) electrons. The number of carbonyl (C=O) groups is 1. The average molecular weight is 664 g/mol. The third-order valence-electron chi connectivity index (χ3n) is 7.55. The molecule has 0 bridgehead atoms. The number of benzene rings is 3. The van der Waals surface area contributed by atoms with Crippen molar-refractivity contribution in [2.45, 2.75) is 55.8 Å². The van der Waals surface area contributed by atoms with Crippen LogP contribution >= 0.6 is 0 Å². The van der Waals surface area contributed by atoms with Crippen LogP contribution in [0.2, 0.25) is 0 Å². The lowest BCUT2D eigenvalue weighted by Crippen LogP contribution is -2.34. The minimum atomic E-state index is -3.78. The van der Waals surface area contributed by atoms with Crippen LogP contribution in [0.15, 0.2) is 71.6 Å². The van der Waals surface area contributed by atoms with Crippen LogP contribution in [0, 0.1) is 11.3 Å². The number of nitrogens with one attached hydrogen (secondary N) is 1. The van der Waals surface area contributed by atoms with Crippen molar-refractivity contribution >= 4 is 21.4 Å². The number of carbonyl (C=O) groups excluding carboxylic acids is 1. The Balaban J connectivity index is 1.27. The largest absolute Gasteiger partial charge is 0.586 e. The summed E-state index contributed by atoms with van der Waals surface area (Å²) >= 11 is 0. The van der Waals surface area contributed by atoms with Crippen LogP contribution in [-0.2, 0) is 14.6 Å². The molecule has 0 spiro atoms. The summed E-state index contributed by atoms with van der Waals surface area (Å²) in [4.78, 5) is 15.0. The number of alkyl halides is 4. The second-order valence-corrected chi connectivity index (χ2v) is 12.8. The highest BCUT2D eigenvalue weighted by Gasteiger charge is 2.44. The summed E-state index contributed by atoms with van der Waals surface area (Å²) in [5.41, 5.74) is 1.42. The zero-order valence-corrected chi connectivity index (χ0v) is 25.2. The van der Waals surface area contributed by atoms with Gasteiger partial charge in [-0.25, -0.2) is 8.42 Å². The van der Waals surface area contributed by atoms with Gasteiger partial charge in [0.2, 0.25) is 0 Å². The lowest BCUT2D eigenvalue weighted by molar-refractivity contribution is -0.286. The molecule has 1 N–H and O–H groups in total. The van der Waals surface area contributed by atoms with E-state index in [2.05, 4.69) is 19.5 Å². The highest BCUT2D eigenvalue weighted by Crippen LogP contribution is 2.43. The maximum absolute atomic E-state index is 13.4. The van der Waals surface area contributed by atoms with E-state index in [1.54, 1.807) is 41.3 Å². The minimum absolute atomic E-state index is 0.0590. The van der Waals surface area contributed by atoms with E-state index in [9.17, 15) is 36.0 Å². The highest BCUT2D eigenvalue weighted by atomic mass is 32.2. The van der Waals surface area contributed by atoms with Crippen molar-refractivity contribution < 1.29 is 49.7 Å². The SMILES string of the molecule is CCS(=O)(=O)c1ccc([C@H](CC#N)NC(=O)c2ccc(N3CC(Oc4ccc5c(c4)OC(F)(F)O5)C[C@H]3COC(F)F)cc2)cc1. The molecule has 3 aromatic rings. The van der Waals surface area contributed by atoms with Crippen molar-refractivity contribution in [2.24, 2.45) is 0 Å². The van der Waals surface area contributed by atoms with Gasteiger partial charge in [0.15, 0.2) is 21.3 Å². The highest BCUT2D eigenvalue weighted by molar-refractivity contribution is 7.91. The maximum atomic E-state index is 13.4. The Bertz CT molecular complexity index is 1700. The van der Waals surface area contributed by atoms with Gasteiger partial charge in [-0.15, -0.1) is 8.78 Å². The van der Waals surface area contributed by atoms with E-state index < -0.39 is 46.8 Å². The number of hydrogen-bond acceptors (Lipinski definition) is 9. The molecule has 0 aliphatic carbocycles. The molecule has 244 valence electrons. The smallest absolute Gasteiger partial charge is 0.488 e. The third-order valence-corrected chi connectivity index (χ3v) is 9.30. The summed E-state index contributed by atoms with van der Waals surface area (Å²) in [5, 5.41) is 12.1. The van der Waals surface area contributed by atoms with Crippen molar-refractivity contribution in [3.63, 3.8) is 0 Å². The van der Waals surface area contributed by atoms with E-state index in [0.29, 0.717) is 11.3 Å². The molecule has 0 aromatic heterocycles. The van der Waals surface area contributed by atoms with Gasteiger partial charge in [-0.3, -0.25) is 4.79 Å². The quantitative estimate of drug-likeness (QED) is 0.252. The van der Waals surface area contributed by atoms with Crippen molar-refractivity contribution in [3.8, 4) is 23.3 Å². The van der Waals surface area contributed by atoms with Crippen molar-refractivity contribution in [3.05, 3.63) is 77.9 Å². The standard InChI is InChI=1S/C31H29F4N3O7S/c1-2-46(40,41)25-10-5-19(6-11-25)26(13-14-36)37-29(39)20-3-7-21(8-4-20)38-17-24(15-22(38)18-42-30(32)33)43-23-9-12-27-28(16-23)45-31(34,35)44-27/h3-12,16,22,24,26,30H,2,13,15,17-18H2,1H3,(H,37,39)/t22-,24?,26-/m0/s1. The molecule has 1 fully saturated rings. The van der Waals surface area contributed by atoms with E-state index >= 15 is 0 Å². The van der Waals surface area contributed by atoms with Crippen molar-refractivity contribution in [1.29, 1.82) is 5.26 Å². The molecule has 3 atom stereocenters. The summed E-state index contributed by atoms with van der Waals surface area (Å²) < 4.78 is 96.3. The first-order valence-corrected chi connectivity index (χ1v) is 15.9. The number of amides is 1. The van der Waals surface area contributed by atoms with Gasteiger partial charge < -0.3 is 29.2 Å². The predicted octanol–water partition coefficient (Wildman–Crippen LogP) is 5.45. The number of fused-ring (bicyclic) bond motifs is 1. The Morgan fingerprint density at radius 3 is 2.43 bits per heavy atom. The van der Waals surface area contributed by atoms with Gasteiger partial charge in [0.1, 0.15) is 11.9 Å². The number of halogens is 4. The first kappa shape index (κ1) is 32.8. The molecule has 2 aliphatic heterocycles. The Kier molecular flexibility index (Phi) is 9.59. The van der Waals surface area contributed by atoms with Crippen LogP contribution in [0.5, 0.6) is 17.2 Å². The zero-order chi connectivity index (χ0) is 33.1. The molecule has 3 aromatic carbocycles. The second-order valence-electron chi connectivity index (χ2n) is 10.6. The Morgan fingerprint density at radius 2 is 1.78 bits per heavy atom. The summed E-state index contributed by atoms with van der Waals surface area (Å²) in [6.45, 7) is -1.53. The topological polar surface area (TPSA) is 127 Å². The molecule has 0 saturated carbocycles. The monoisotopic (exact) mass is 663 g/mol. The number of sulfone groups is 1. The van der Waals surface area contributed by atoms with E-state index in [1.807, 2.05) is 6.07 Å². The summed E-state index contributed by atoms with van der Waals surface area (Å²) in [5.74, 6) is -0.652. The van der Waals surface area contributed by atoms with Crippen LogP contribution in [0.1, 0.15) is 41.7 Å². The summed E-state index contributed by atoms with van der Waals surface area (Å²) in [6.07, 6.45) is -4.10. The second kappa shape index (κ2) is 13.4. The number of rotatable bonds is 12. The fourth-order valence-electron chi connectivity index (χ4n) is 5.28. The molecule has 1 amide bonds. The number of nitriles is 1. The Labute approximate surface area is 262 Å². The number of anilines is 1. The normalized spacial score (nSPS) is 19.1. The molecule has 10 nitrogen and oxygen atoms in total. The van der Waals surface area contributed by atoms with Gasteiger partial charge in [-0.05, 0) is 54.1 Å². The van der Waals surface area contributed by atoms with E-state index in [-0.39, 0.29) is 59.5 Å².